The number of rotatable bonds is 5. The van der Waals surface area contributed by atoms with E-state index in [1.165, 1.54) is 19.3 Å². The molecule has 0 bridgehead atoms. The Bertz CT molecular complexity index is 561. The summed E-state index contributed by atoms with van der Waals surface area (Å²) in [7, 11) is -3.12. The molecule has 0 amide bonds. The van der Waals surface area contributed by atoms with Gasteiger partial charge in [0.05, 0.1) is 5.75 Å². The molecule has 1 atom stereocenters. The summed E-state index contributed by atoms with van der Waals surface area (Å²) in [6, 6.07) is 0. The van der Waals surface area contributed by atoms with Crippen LogP contribution >= 0.6 is 0 Å². The Morgan fingerprint density at radius 3 is 2.81 bits per heavy atom. The minimum absolute atomic E-state index is 0.314. The van der Waals surface area contributed by atoms with Gasteiger partial charge in [0.1, 0.15) is 5.82 Å². The van der Waals surface area contributed by atoms with Crippen LogP contribution in [0.1, 0.15) is 44.3 Å². The fourth-order valence-corrected chi connectivity index (χ4v) is 5.12. The topological polar surface area (TPSA) is 64.0 Å². The predicted octanol–water partition coefficient (Wildman–Crippen LogP) is 1.95. The van der Waals surface area contributed by atoms with Crippen LogP contribution < -0.4 is 4.72 Å². The fraction of sp³-hybridized carbons (Fsp3) is 0.800. The second kappa shape index (κ2) is 6.48. The smallest absolute Gasteiger partial charge is 0.211 e. The van der Waals surface area contributed by atoms with E-state index >= 15 is 0 Å². The molecule has 1 aliphatic carbocycles. The molecular formula is C15H25N3O2S. The standard InChI is InChI=1S/C15H25N3O2S/c19-21(20,12-13-4-2-1-3-5-13)17-11-14-6-8-18-9-7-16-15(18)10-14/h7,9,13-14,17H,1-6,8,10-12H2/t14-/m1/s1. The Labute approximate surface area is 127 Å². The van der Waals surface area contributed by atoms with E-state index in [0.717, 1.165) is 38.1 Å². The van der Waals surface area contributed by atoms with Gasteiger partial charge < -0.3 is 4.57 Å². The number of aromatic nitrogens is 2. The third-order valence-electron chi connectivity index (χ3n) is 4.82. The molecule has 0 saturated heterocycles. The van der Waals surface area contributed by atoms with Gasteiger partial charge in [-0.05, 0) is 31.1 Å². The van der Waals surface area contributed by atoms with E-state index in [4.69, 9.17) is 0 Å². The zero-order valence-corrected chi connectivity index (χ0v) is 13.3. The maximum Gasteiger partial charge on any atom is 0.211 e. The van der Waals surface area contributed by atoms with E-state index in [1.807, 2.05) is 12.4 Å². The number of hydrogen-bond donors (Lipinski definition) is 1. The molecule has 2 aliphatic rings. The molecule has 1 aliphatic heterocycles. The monoisotopic (exact) mass is 311 g/mol. The van der Waals surface area contributed by atoms with Crippen molar-refractivity contribution in [3.63, 3.8) is 0 Å². The first-order valence-corrected chi connectivity index (χ1v) is 9.75. The molecular weight excluding hydrogens is 286 g/mol. The Kier molecular flexibility index (Phi) is 4.64. The summed E-state index contributed by atoms with van der Waals surface area (Å²) in [6.45, 7) is 1.51. The van der Waals surface area contributed by atoms with Crippen LogP contribution in [0.15, 0.2) is 12.4 Å². The summed E-state index contributed by atoms with van der Waals surface area (Å²) in [5.41, 5.74) is 0. The van der Waals surface area contributed by atoms with Crippen LogP contribution in [0.2, 0.25) is 0 Å². The SMILES string of the molecule is O=S(=O)(CC1CCCCC1)NC[C@@H]1CCn2ccnc2C1. The fourth-order valence-electron chi connectivity index (χ4n) is 3.56. The van der Waals surface area contributed by atoms with Crippen molar-refractivity contribution in [2.24, 2.45) is 11.8 Å². The summed E-state index contributed by atoms with van der Waals surface area (Å²) in [5.74, 6) is 2.13. The van der Waals surface area contributed by atoms with Crippen molar-refractivity contribution in [2.45, 2.75) is 51.5 Å². The van der Waals surface area contributed by atoms with E-state index < -0.39 is 10.0 Å². The van der Waals surface area contributed by atoms with E-state index in [0.29, 0.717) is 24.1 Å². The predicted molar refractivity (Wildman–Crippen MR) is 82.4 cm³/mol. The maximum atomic E-state index is 12.2. The number of aryl methyl sites for hydroxylation is 1. The van der Waals surface area contributed by atoms with Crippen LogP contribution in [0.25, 0.3) is 0 Å². The Morgan fingerprint density at radius 2 is 2.00 bits per heavy atom. The molecule has 5 nitrogen and oxygen atoms in total. The van der Waals surface area contributed by atoms with Gasteiger partial charge in [0.15, 0.2) is 0 Å². The van der Waals surface area contributed by atoms with Gasteiger partial charge in [-0.1, -0.05) is 19.3 Å². The first kappa shape index (κ1) is 15.0. The summed E-state index contributed by atoms with van der Waals surface area (Å²) < 4.78 is 29.4. The second-order valence-electron chi connectivity index (χ2n) is 6.53. The molecule has 1 aromatic rings. The first-order chi connectivity index (χ1) is 10.1. The van der Waals surface area contributed by atoms with Crippen molar-refractivity contribution in [3.05, 3.63) is 18.2 Å². The Hall–Kier alpha value is -0.880. The number of fused-ring (bicyclic) bond motifs is 1. The zero-order valence-electron chi connectivity index (χ0n) is 12.5. The quantitative estimate of drug-likeness (QED) is 0.904. The highest BCUT2D eigenvalue weighted by atomic mass is 32.2. The molecule has 0 radical (unpaired) electrons. The van der Waals surface area contributed by atoms with Crippen LogP contribution in [0, 0.1) is 11.8 Å². The highest BCUT2D eigenvalue weighted by molar-refractivity contribution is 7.89. The maximum absolute atomic E-state index is 12.2. The molecule has 6 heteroatoms. The van der Waals surface area contributed by atoms with Crippen LogP contribution in [-0.2, 0) is 23.0 Å². The van der Waals surface area contributed by atoms with Crippen molar-refractivity contribution in [3.8, 4) is 0 Å². The van der Waals surface area contributed by atoms with Gasteiger partial charge in [-0.25, -0.2) is 18.1 Å². The summed E-state index contributed by atoms with van der Waals surface area (Å²) >= 11 is 0. The third-order valence-corrected chi connectivity index (χ3v) is 6.34. The molecule has 0 spiro atoms. The van der Waals surface area contributed by atoms with Crippen LogP contribution in [-0.4, -0.2) is 30.3 Å². The van der Waals surface area contributed by atoms with Crippen LogP contribution in [0.3, 0.4) is 0 Å². The Balaban J connectivity index is 1.48. The molecule has 2 heterocycles. The highest BCUT2D eigenvalue weighted by Crippen LogP contribution is 2.25. The van der Waals surface area contributed by atoms with Crippen LogP contribution in [0.5, 0.6) is 0 Å². The van der Waals surface area contributed by atoms with Crippen molar-refractivity contribution in [1.82, 2.24) is 14.3 Å². The normalized spacial score (nSPS) is 23.9. The lowest BCUT2D eigenvalue weighted by molar-refractivity contribution is 0.372. The van der Waals surface area contributed by atoms with E-state index in [9.17, 15) is 8.42 Å². The molecule has 1 fully saturated rings. The van der Waals surface area contributed by atoms with Crippen molar-refractivity contribution in [1.29, 1.82) is 0 Å². The molecule has 21 heavy (non-hydrogen) atoms. The molecule has 0 unspecified atom stereocenters. The van der Waals surface area contributed by atoms with Gasteiger partial charge in [-0.15, -0.1) is 0 Å². The summed E-state index contributed by atoms with van der Waals surface area (Å²) in [6.07, 6.45) is 11.5. The molecule has 3 rings (SSSR count). The van der Waals surface area contributed by atoms with Gasteiger partial charge in [-0.2, -0.15) is 0 Å². The molecule has 118 valence electrons. The van der Waals surface area contributed by atoms with Crippen molar-refractivity contribution >= 4 is 10.0 Å². The molecule has 1 aromatic heterocycles. The van der Waals surface area contributed by atoms with Gasteiger partial charge in [0.25, 0.3) is 0 Å². The number of nitrogens with zero attached hydrogens (tertiary/aromatic N) is 2. The average molecular weight is 311 g/mol. The van der Waals surface area contributed by atoms with Gasteiger partial charge in [0.2, 0.25) is 10.0 Å². The lowest BCUT2D eigenvalue weighted by atomic mass is 9.91. The van der Waals surface area contributed by atoms with Gasteiger partial charge >= 0.3 is 0 Å². The summed E-state index contributed by atoms with van der Waals surface area (Å²) in [4.78, 5) is 4.33. The number of sulfonamides is 1. The second-order valence-corrected chi connectivity index (χ2v) is 8.38. The van der Waals surface area contributed by atoms with Crippen LogP contribution in [0.4, 0.5) is 0 Å². The van der Waals surface area contributed by atoms with Gasteiger partial charge in [-0.3, -0.25) is 0 Å². The lowest BCUT2D eigenvalue weighted by Crippen LogP contribution is -2.36. The molecule has 0 aromatic carbocycles. The number of hydrogen-bond acceptors (Lipinski definition) is 3. The average Bonchev–Trinajstić information content (AvgIpc) is 2.93. The van der Waals surface area contributed by atoms with Gasteiger partial charge in [0, 0.05) is 31.9 Å². The first-order valence-electron chi connectivity index (χ1n) is 8.10. The molecule has 1 saturated carbocycles. The minimum Gasteiger partial charge on any atom is -0.335 e. The van der Waals surface area contributed by atoms with E-state index in [1.54, 1.807) is 0 Å². The van der Waals surface area contributed by atoms with Crippen molar-refractivity contribution < 1.29 is 8.42 Å². The Morgan fingerprint density at radius 1 is 1.19 bits per heavy atom. The number of imidazole rings is 1. The zero-order chi connectivity index (χ0) is 14.7. The van der Waals surface area contributed by atoms with Crippen molar-refractivity contribution in [2.75, 3.05) is 12.3 Å². The summed E-state index contributed by atoms with van der Waals surface area (Å²) in [5, 5.41) is 0. The lowest BCUT2D eigenvalue weighted by Gasteiger charge is -2.25. The number of nitrogens with one attached hydrogen (secondary N) is 1. The largest absolute Gasteiger partial charge is 0.335 e. The third kappa shape index (κ3) is 4.07. The molecule has 1 N–H and O–H groups in total. The van der Waals surface area contributed by atoms with E-state index in [-0.39, 0.29) is 0 Å². The minimum atomic E-state index is -3.12. The van der Waals surface area contributed by atoms with E-state index in [2.05, 4.69) is 14.3 Å². The highest BCUT2D eigenvalue weighted by Gasteiger charge is 2.24.